The van der Waals surface area contributed by atoms with Crippen LogP contribution in [0.2, 0.25) is 0 Å². The van der Waals surface area contributed by atoms with Gasteiger partial charge in [-0.15, -0.1) is 0 Å². The van der Waals surface area contributed by atoms with Crippen LogP contribution in [0.25, 0.3) is 0 Å². The number of rotatable bonds is 0. The van der Waals surface area contributed by atoms with Crippen molar-refractivity contribution in [2.75, 3.05) is 6.61 Å². The molecule has 1 aliphatic rings. The zero-order valence-corrected chi connectivity index (χ0v) is 5.77. The highest BCUT2D eigenvalue weighted by atomic mass is 16.5. The maximum Gasteiger partial charge on any atom is 0.110 e. The van der Waals surface area contributed by atoms with Gasteiger partial charge >= 0.3 is 0 Å². The summed E-state index contributed by atoms with van der Waals surface area (Å²) in [5.74, 6) is 0. The van der Waals surface area contributed by atoms with Crippen LogP contribution in [-0.2, 0) is 4.74 Å². The zero-order valence-electron chi connectivity index (χ0n) is 5.77. The molecule has 1 fully saturated rings. The van der Waals surface area contributed by atoms with E-state index in [0.717, 1.165) is 0 Å². The molecule has 4 heteroatoms. The van der Waals surface area contributed by atoms with E-state index in [1.165, 1.54) is 0 Å². The molecule has 0 amide bonds. The first kappa shape index (κ1) is 7.94. The van der Waals surface area contributed by atoms with Crippen LogP contribution in [0, 0.1) is 0 Å². The lowest BCUT2D eigenvalue weighted by atomic mass is 10.0. The number of aliphatic hydroxyl groups excluding tert-OH is 3. The van der Waals surface area contributed by atoms with Crippen LogP contribution >= 0.6 is 0 Å². The largest absolute Gasteiger partial charge is 0.388 e. The predicted octanol–water partition coefficient (Wildman–Crippen LogP) is -1.51. The molecule has 60 valence electrons. The number of hydrogen-bond acceptors (Lipinski definition) is 4. The van der Waals surface area contributed by atoms with Gasteiger partial charge in [0.25, 0.3) is 0 Å². The molecule has 1 unspecified atom stereocenters. The highest BCUT2D eigenvalue weighted by molar-refractivity contribution is 4.83. The van der Waals surface area contributed by atoms with Crippen molar-refractivity contribution < 1.29 is 20.1 Å². The Morgan fingerprint density at radius 2 is 1.80 bits per heavy atom. The van der Waals surface area contributed by atoms with Crippen LogP contribution in [0.1, 0.15) is 6.92 Å². The second-order valence-electron chi connectivity index (χ2n) is 2.59. The van der Waals surface area contributed by atoms with Crippen molar-refractivity contribution in [3.8, 4) is 0 Å². The molecule has 0 aromatic carbocycles. The zero-order chi connectivity index (χ0) is 7.72. The van der Waals surface area contributed by atoms with Crippen LogP contribution in [0.15, 0.2) is 0 Å². The van der Waals surface area contributed by atoms with E-state index in [1.54, 1.807) is 6.92 Å². The molecule has 1 heterocycles. The van der Waals surface area contributed by atoms with Crippen molar-refractivity contribution in [2.24, 2.45) is 0 Å². The molecule has 0 aliphatic carbocycles. The van der Waals surface area contributed by atoms with E-state index < -0.39 is 24.4 Å². The summed E-state index contributed by atoms with van der Waals surface area (Å²) in [5.41, 5.74) is 0. The molecule has 0 saturated carbocycles. The summed E-state index contributed by atoms with van der Waals surface area (Å²) in [6.45, 7) is 1.75. The SMILES string of the molecule is C[C@@H]1OC[C@H](O)[C@@H](O)C1O. The van der Waals surface area contributed by atoms with Crippen molar-refractivity contribution in [1.82, 2.24) is 0 Å². The molecule has 0 bridgehead atoms. The molecule has 10 heavy (non-hydrogen) atoms. The smallest absolute Gasteiger partial charge is 0.110 e. The van der Waals surface area contributed by atoms with Crippen molar-refractivity contribution in [2.45, 2.75) is 31.3 Å². The molecule has 1 saturated heterocycles. The van der Waals surface area contributed by atoms with Crippen LogP contribution in [-0.4, -0.2) is 46.3 Å². The lowest BCUT2D eigenvalue weighted by molar-refractivity contribution is -0.181. The quantitative estimate of drug-likeness (QED) is 0.390. The molecule has 4 nitrogen and oxygen atoms in total. The van der Waals surface area contributed by atoms with Gasteiger partial charge in [-0.25, -0.2) is 0 Å². The summed E-state index contributed by atoms with van der Waals surface area (Å²) >= 11 is 0. The number of hydrogen-bond donors (Lipinski definition) is 3. The second kappa shape index (κ2) is 2.84. The molecule has 0 aromatic heterocycles. The Kier molecular flexibility index (Phi) is 2.25. The van der Waals surface area contributed by atoms with Crippen molar-refractivity contribution in [1.29, 1.82) is 0 Å². The van der Waals surface area contributed by atoms with Gasteiger partial charge in [0.2, 0.25) is 0 Å². The second-order valence-corrected chi connectivity index (χ2v) is 2.59. The van der Waals surface area contributed by atoms with Crippen LogP contribution < -0.4 is 0 Å². The first-order chi connectivity index (χ1) is 4.63. The Balaban J connectivity index is 2.52. The maximum atomic E-state index is 9.08. The summed E-state index contributed by atoms with van der Waals surface area (Å²) in [5, 5.41) is 27.0. The lowest BCUT2D eigenvalue weighted by Gasteiger charge is -2.33. The van der Waals surface area contributed by atoms with E-state index in [2.05, 4.69) is 0 Å². The van der Waals surface area contributed by atoms with Gasteiger partial charge in [0, 0.05) is 0 Å². The van der Waals surface area contributed by atoms with E-state index in [1.807, 2.05) is 0 Å². The summed E-state index contributed by atoms with van der Waals surface area (Å²) < 4.78 is 4.91. The third-order valence-electron chi connectivity index (χ3n) is 1.75. The van der Waals surface area contributed by atoms with Gasteiger partial charge in [-0.2, -0.15) is 0 Å². The Hall–Kier alpha value is -0.160. The fourth-order valence-electron chi connectivity index (χ4n) is 0.953. The Morgan fingerprint density at radius 3 is 2.30 bits per heavy atom. The molecule has 1 rings (SSSR count). The van der Waals surface area contributed by atoms with E-state index in [0.29, 0.717) is 0 Å². The molecular formula is C6H12O4. The van der Waals surface area contributed by atoms with Gasteiger partial charge in [0.05, 0.1) is 12.7 Å². The summed E-state index contributed by atoms with van der Waals surface area (Å²) in [7, 11) is 0. The molecule has 0 spiro atoms. The minimum Gasteiger partial charge on any atom is -0.388 e. The minimum absolute atomic E-state index is 0.0966. The highest BCUT2D eigenvalue weighted by Gasteiger charge is 2.34. The maximum absolute atomic E-state index is 9.08. The standard InChI is InChI=1S/C6H12O4/c1-3-5(8)6(9)4(7)2-10-3/h3-9H,2H2,1H3/t3-,4-,5?,6+/m0/s1. The Bertz CT molecular complexity index is 102. The van der Waals surface area contributed by atoms with Crippen LogP contribution in [0.4, 0.5) is 0 Å². The molecule has 0 aromatic rings. The fourth-order valence-corrected chi connectivity index (χ4v) is 0.953. The molecule has 3 N–H and O–H groups in total. The molecular weight excluding hydrogens is 136 g/mol. The van der Waals surface area contributed by atoms with E-state index in [4.69, 9.17) is 20.1 Å². The monoisotopic (exact) mass is 148 g/mol. The third kappa shape index (κ3) is 1.29. The highest BCUT2D eigenvalue weighted by Crippen LogP contribution is 2.14. The normalized spacial score (nSPS) is 49.2. The topological polar surface area (TPSA) is 69.9 Å². The van der Waals surface area contributed by atoms with Crippen molar-refractivity contribution in [3.05, 3.63) is 0 Å². The number of ether oxygens (including phenoxy) is 1. The van der Waals surface area contributed by atoms with Crippen molar-refractivity contribution >= 4 is 0 Å². The van der Waals surface area contributed by atoms with E-state index in [9.17, 15) is 0 Å². The van der Waals surface area contributed by atoms with E-state index in [-0.39, 0.29) is 6.61 Å². The Morgan fingerprint density at radius 1 is 1.20 bits per heavy atom. The predicted molar refractivity (Wildman–Crippen MR) is 33.4 cm³/mol. The van der Waals surface area contributed by atoms with Gasteiger partial charge in [0.1, 0.15) is 18.3 Å². The molecule has 4 atom stereocenters. The summed E-state index contributed by atoms with van der Waals surface area (Å²) in [6.07, 6.45) is -3.38. The lowest BCUT2D eigenvalue weighted by Crippen LogP contribution is -2.51. The Labute approximate surface area is 59.1 Å². The molecule has 1 aliphatic heterocycles. The van der Waals surface area contributed by atoms with Gasteiger partial charge in [-0.3, -0.25) is 0 Å². The number of aliphatic hydroxyl groups is 3. The van der Waals surface area contributed by atoms with Gasteiger partial charge in [-0.1, -0.05) is 0 Å². The molecule has 0 radical (unpaired) electrons. The van der Waals surface area contributed by atoms with Gasteiger partial charge in [0.15, 0.2) is 0 Å². The summed E-state index contributed by atoms with van der Waals surface area (Å²) in [4.78, 5) is 0. The van der Waals surface area contributed by atoms with Crippen molar-refractivity contribution in [3.63, 3.8) is 0 Å². The average molecular weight is 148 g/mol. The van der Waals surface area contributed by atoms with Gasteiger partial charge in [-0.05, 0) is 6.92 Å². The average Bonchev–Trinajstić information content (AvgIpc) is 1.93. The third-order valence-corrected chi connectivity index (χ3v) is 1.75. The first-order valence-corrected chi connectivity index (χ1v) is 3.28. The first-order valence-electron chi connectivity index (χ1n) is 3.28. The summed E-state index contributed by atoms with van der Waals surface area (Å²) in [6, 6.07) is 0. The minimum atomic E-state index is -1.07. The van der Waals surface area contributed by atoms with E-state index >= 15 is 0 Å². The van der Waals surface area contributed by atoms with Crippen LogP contribution in [0.5, 0.6) is 0 Å². The van der Waals surface area contributed by atoms with Crippen LogP contribution in [0.3, 0.4) is 0 Å². The fraction of sp³-hybridized carbons (Fsp3) is 1.00. The van der Waals surface area contributed by atoms with Gasteiger partial charge < -0.3 is 20.1 Å².